The molecule has 1 saturated carbocycles. The molecule has 2 rings (SSSR count). The Morgan fingerprint density at radius 3 is 2.87 bits per heavy atom. The normalized spacial score (nSPS) is 15.6. The van der Waals surface area contributed by atoms with Crippen LogP contribution in [0.5, 0.6) is 5.75 Å². The van der Waals surface area contributed by atoms with E-state index in [9.17, 15) is 5.11 Å². The van der Waals surface area contributed by atoms with Gasteiger partial charge >= 0.3 is 0 Å². The maximum atomic E-state index is 9.83. The lowest BCUT2D eigenvalue weighted by Gasteiger charge is -2.11. The Labute approximate surface area is 89.0 Å². The van der Waals surface area contributed by atoms with Crippen LogP contribution in [0.25, 0.3) is 0 Å². The van der Waals surface area contributed by atoms with E-state index in [1.807, 2.05) is 0 Å². The van der Waals surface area contributed by atoms with E-state index in [1.165, 1.54) is 12.8 Å². The Morgan fingerprint density at radius 2 is 2.27 bits per heavy atom. The summed E-state index contributed by atoms with van der Waals surface area (Å²) in [4.78, 5) is 4.02. The zero-order chi connectivity index (χ0) is 10.8. The van der Waals surface area contributed by atoms with E-state index in [1.54, 1.807) is 13.1 Å². The van der Waals surface area contributed by atoms with Gasteiger partial charge in [-0.2, -0.15) is 0 Å². The number of rotatable bonds is 4. The molecule has 1 fully saturated rings. The summed E-state index contributed by atoms with van der Waals surface area (Å²) in [5, 5.41) is 22.3. The van der Waals surface area contributed by atoms with E-state index in [4.69, 9.17) is 5.11 Å². The van der Waals surface area contributed by atoms with Gasteiger partial charge in [-0.15, -0.1) is 0 Å². The van der Waals surface area contributed by atoms with Crippen LogP contribution in [-0.4, -0.2) is 21.2 Å². The fourth-order valence-corrected chi connectivity index (χ4v) is 1.55. The molecule has 1 aliphatic carbocycles. The summed E-state index contributed by atoms with van der Waals surface area (Å²) in [6.07, 6.45) is 4.04. The zero-order valence-electron chi connectivity index (χ0n) is 8.82. The predicted molar refractivity (Wildman–Crippen MR) is 56.4 cm³/mol. The SMILES string of the molecule is Cc1ncc(CO)c(CNC2CC2)c1O. The molecule has 0 atom stereocenters. The average Bonchev–Trinajstić information content (AvgIpc) is 3.04. The van der Waals surface area contributed by atoms with Crippen LogP contribution in [0.15, 0.2) is 6.20 Å². The number of hydrogen-bond acceptors (Lipinski definition) is 4. The van der Waals surface area contributed by atoms with Crippen LogP contribution in [0.1, 0.15) is 29.7 Å². The molecule has 0 spiro atoms. The van der Waals surface area contributed by atoms with Crippen molar-refractivity contribution >= 4 is 0 Å². The molecule has 0 amide bonds. The van der Waals surface area contributed by atoms with Gasteiger partial charge in [-0.3, -0.25) is 4.98 Å². The van der Waals surface area contributed by atoms with Crippen LogP contribution in [-0.2, 0) is 13.2 Å². The fourth-order valence-electron chi connectivity index (χ4n) is 1.55. The monoisotopic (exact) mass is 208 g/mol. The Balaban J connectivity index is 2.19. The molecule has 0 aromatic carbocycles. The molecule has 0 radical (unpaired) electrons. The molecule has 1 heterocycles. The number of aromatic hydroxyl groups is 1. The summed E-state index contributed by atoms with van der Waals surface area (Å²) in [6, 6.07) is 0.587. The van der Waals surface area contributed by atoms with Crippen molar-refractivity contribution in [2.45, 2.75) is 39.0 Å². The van der Waals surface area contributed by atoms with Crippen LogP contribution in [0, 0.1) is 6.92 Å². The quantitative estimate of drug-likeness (QED) is 0.686. The molecule has 4 nitrogen and oxygen atoms in total. The standard InChI is InChI=1S/C11H16N2O2/c1-7-11(15)10(5-13-9-2-3-9)8(6-14)4-12-7/h4,9,13-15H,2-3,5-6H2,1H3. The number of aromatic nitrogens is 1. The summed E-state index contributed by atoms with van der Waals surface area (Å²) in [5.41, 5.74) is 2.09. The lowest BCUT2D eigenvalue weighted by Crippen LogP contribution is -2.17. The molecule has 0 aliphatic heterocycles. The molecule has 82 valence electrons. The van der Waals surface area contributed by atoms with Crippen LogP contribution >= 0.6 is 0 Å². The molecule has 0 saturated heterocycles. The molecular formula is C11H16N2O2. The lowest BCUT2D eigenvalue weighted by molar-refractivity contribution is 0.278. The zero-order valence-corrected chi connectivity index (χ0v) is 8.82. The number of nitrogens with zero attached hydrogens (tertiary/aromatic N) is 1. The smallest absolute Gasteiger partial charge is 0.141 e. The summed E-state index contributed by atoms with van der Waals surface area (Å²) >= 11 is 0. The highest BCUT2D eigenvalue weighted by Gasteiger charge is 2.21. The van der Waals surface area contributed by atoms with Crippen molar-refractivity contribution in [3.63, 3.8) is 0 Å². The van der Waals surface area contributed by atoms with Gasteiger partial charge in [0, 0.05) is 29.9 Å². The van der Waals surface area contributed by atoms with Gasteiger partial charge in [0.05, 0.1) is 12.3 Å². The van der Waals surface area contributed by atoms with Crippen molar-refractivity contribution in [3.8, 4) is 5.75 Å². The first-order valence-corrected chi connectivity index (χ1v) is 5.23. The van der Waals surface area contributed by atoms with E-state index in [-0.39, 0.29) is 12.4 Å². The number of aliphatic hydroxyl groups excluding tert-OH is 1. The minimum atomic E-state index is -0.0808. The Morgan fingerprint density at radius 1 is 1.53 bits per heavy atom. The minimum Gasteiger partial charge on any atom is -0.506 e. The third kappa shape index (κ3) is 2.27. The van der Waals surface area contributed by atoms with Gasteiger partial charge in [-0.1, -0.05) is 0 Å². The van der Waals surface area contributed by atoms with Crippen LogP contribution in [0.4, 0.5) is 0 Å². The summed E-state index contributed by atoms with van der Waals surface area (Å²) in [5.74, 6) is 0.203. The van der Waals surface area contributed by atoms with Crippen molar-refractivity contribution in [3.05, 3.63) is 23.0 Å². The highest BCUT2D eigenvalue weighted by Crippen LogP contribution is 2.25. The van der Waals surface area contributed by atoms with E-state index in [0.717, 1.165) is 5.56 Å². The van der Waals surface area contributed by atoms with Gasteiger partial charge in [-0.05, 0) is 19.8 Å². The second-order valence-corrected chi connectivity index (χ2v) is 4.01. The maximum absolute atomic E-state index is 9.83. The predicted octanol–water partition coefficient (Wildman–Crippen LogP) is 0.840. The van der Waals surface area contributed by atoms with E-state index >= 15 is 0 Å². The molecule has 0 unspecified atom stereocenters. The van der Waals surface area contributed by atoms with E-state index in [0.29, 0.717) is 23.8 Å². The Kier molecular flexibility index (Phi) is 2.88. The van der Waals surface area contributed by atoms with Gasteiger partial charge in [0.25, 0.3) is 0 Å². The van der Waals surface area contributed by atoms with Crippen LogP contribution < -0.4 is 5.32 Å². The Bertz CT molecular complexity index is 362. The third-order valence-electron chi connectivity index (χ3n) is 2.75. The summed E-state index contributed by atoms with van der Waals surface area (Å²) in [6.45, 7) is 2.29. The number of pyridine rings is 1. The first kappa shape index (κ1) is 10.4. The fraction of sp³-hybridized carbons (Fsp3) is 0.545. The molecule has 0 bridgehead atoms. The molecule has 3 N–H and O–H groups in total. The van der Waals surface area contributed by atoms with Crippen LogP contribution in [0.3, 0.4) is 0 Å². The molecule has 4 heteroatoms. The molecule has 1 aromatic rings. The van der Waals surface area contributed by atoms with Gasteiger partial charge in [0.2, 0.25) is 0 Å². The number of aryl methyl sites for hydroxylation is 1. The van der Waals surface area contributed by atoms with Crippen molar-refractivity contribution in [1.29, 1.82) is 0 Å². The highest BCUT2D eigenvalue weighted by molar-refractivity contribution is 5.40. The molecule has 1 aromatic heterocycles. The van der Waals surface area contributed by atoms with E-state index in [2.05, 4.69) is 10.3 Å². The largest absolute Gasteiger partial charge is 0.506 e. The van der Waals surface area contributed by atoms with Gasteiger partial charge < -0.3 is 15.5 Å². The van der Waals surface area contributed by atoms with Crippen molar-refractivity contribution < 1.29 is 10.2 Å². The second kappa shape index (κ2) is 4.16. The minimum absolute atomic E-state index is 0.0808. The van der Waals surface area contributed by atoms with E-state index < -0.39 is 0 Å². The van der Waals surface area contributed by atoms with Crippen molar-refractivity contribution in [1.82, 2.24) is 10.3 Å². The highest BCUT2D eigenvalue weighted by atomic mass is 16.3. The maximum Gasteiger partial charge on any atom is 0.141 e. The second-order valence-electron chi connectivity index (χ2n) is 4.01. The Hall–Kier alpha value is -1.13. The first-order valence-electron chi connectivity index (χ1n) is 5.23. The molecular weight excluding hydrogens is 192 g/mol. The van der Waals surface area contributed by atoms with Crippen molar-refractivity contribution in [2.24, 2.45) is 0 Å². The number of hydrogen-bond donors (Lipinski definition) is 3. The van der Waals surface area contributed by atoms with Gasteiger partial charge in [0.1, 0.15) is 5.75 Å². The molecule has 1 aliphatic rings. The average molecular weight is 208 g/mol. The topological polar surface area (TPSA) is 65.4 Å². The number of nitrogens with one attached hydrogen (secondary N) is 1. The summed E-state index contributed by atoms with van der Waals surface area (Å²) in [7, 11) is 0. The lowest BCUT2D eigenvalue weighted by atomic mass is 10.1. The van der Waals surface area contributed by atoms with Crippen molar-refractivity contribution in [2.75, 3.05) is 0 Å². The molecule has 15 heavy (non-hydrogen) atoms. The van der Waals surface area contributed by atoms with Gasteiger partial charge in [0.15, 0.2) is 0 Å². The first-order chi connectivity index (χ1) is 7.22. The van der Waals surface area contributed by atoms with Crippen LogP contribution in [0.2, 0.25) is 0 Å². The third-order valence-corrected chi connectivity index (χ3v) is 2.75. The summed E-state index contributed by atoms with van der Waals surface area (Å²) < 4.78 is 0. The number of aliphatic hydroxyl groups is 1. The van der Waals surface area contributed by atoms with Gasteiger partial charge in [-0.25, -0.2) is 0 Å².